The molecule has 1 aliphatic heterocycles. The van der Waals surface area contributed by atoms with E-state index in [1.54, 1.807) is 0 Å². The van der Waals surface area contributed by atoms with Crippen molar-refractivity contribution < 1.29 is 9.53 Å². The lowest BCUT2D eigenvalue weighted by atomic mass is 9.80. The number of nitrogens with zero attached hydrogens (tertiary/aromatic N) is 2. The number of aliphatic imine (C=N–C) groups is 1. The molecule has 7 nitrogen and oxygen atoms in total. The Morgan fingerprint density at radius 2 is 1.86 bits per heavy atom. The van der Waals surface area contributed by atoms with Crippen LogP contribution in [-0.4, -0.2) is 74.8 Å². The van der Waals surface area contributed by atoms with Gasteiger partial charge in [-0.25, -0.2) is 0 Å². The zero-order valence-electron chi connectivity index (χ0n) is 17.3. The first-order chi connectivity index (χ1) is 13.2. The van der Waals surface area contributed by atoms with E-state index in [9.17, 15) is 4.79 Å². The van der Waals surface area contributed by atoms with Gasteiger partial charge in [0, 0.05) is 51.2 Å². The van der Waals surface area contributed by atoms with Crippen LogP contribution in [0.2, 0.25) is 0 Å². The first-order valence-corrected chi connectivity index (χ1v) is 10.8. The third kappa shape index (κ3) is 7.33. The van der Waals surface area contributed by atoms with Gasteiger partial charge in [0.15, 0.2) is 5.96 Å². The van der Waals surface area contributed by atoms with Gasteiger partial charge in [-0.2, -0.15) is 0 Å². The van der Waals surface area contributed by atoms with E-state index in [2.05, 4.69) is 25.8 Å². The van der Waals surface area contributed by atoms with Crippen molar-refractivity contribution in [1.82, 2.24) is 20.9 Å². The quantitative estimate of drug-likeness (QED) is 0.202. The molecule has 3 rings (SSSR count). The molecule has 1 amide bonds. The fourth-order valence-corrected chi connectivity index (χ4v) is 4.30. The molecule has 8 heteroatoms. The number of hydrogen-bond donors (Lipinski definition) is 3. The van der Waals surface area contributed by atoms with E-state index in [1.165, 1.54) is 32.1 Å². The Balaban J connectivity index is 0.00000280. The van der Waals surface area contributed by atoms with Gasteiger partial charge in [0.05, 0.1) is 13.2 Å². The van der Waals surface area contributed by atoms with E-state index < -0.39 is 0 Å². The van der Waals surface area contributed by atoms with Gasteiger partial charge < -0.3 is 20.7 Å². The zero-order valence-corrected chi connectivity index (χ0v) is 19.6. The monoisotopic (exact) mass is 507 g/mol. The standard InChI is InChI=1S/C20H37N5O2.HI/c1-21-19(22-11-5-6-18(26)24-17-7-8-17)23-16-20(9-3-2-4-10-20)25-12-14-27-15-13-25;/h17H,2-16H2,1H3,(H,24,26)(H2,21,22,23);1H. The molecule has 0 aromatic carbocycles. The third-order valence-electron chi connectivity index (χ3n) is 6.09. The fraction of sp³-hybridized carbons (Fsp3) is 0.900. The van der Waals surface area contributed by atoms with E-state index in [0.29, 0.717) is 12.5 Å². The smallest absolute Gasteiger partial charge is 0.220 e. The van der Waals surface area contributed by atoms with Gasteiger partial charge >= 0.3 is 0 Å². The molecule has 1 saturated heterocycles. The largest absolute Gasteiger partial charge is 0.379 e. The number of carbonyl (C=O) groups is 1. The van der Waals surface area contributed by atoms with Gasteiger partial charge in [-0.1, -0.05) is 19.3 Å². The van der Waals surface area contributed by atoms with Crippen LogP contribution in [0.1, 0.15) is 57.8 Å². The predicted octanol–water partition coefficient (Wildman–Crippen LogP) is 1.86. The van der Waals surface area contributed by atoms with Gasteiger partial charge in [0.1, 0.15) is 0 Å². The molecule has 0 aromatic rings. The van der Waals surface area contributed by atoms with E-state index >= 15 is 0 Å². The molecule has 0 atom stereocenters. The summed E-state index contributed by atoms with van der Waals surface area (Å²) >= 11 is 0. The average Bonchev–Trinajstić information content (AvgIpc) is 3.53. The third-order valence-corrected chi connectivity index (χ3v) is 6.09. The first kappa shape index (κ1) is 23.7. The molecule has 28 heavy (non-hydrogen) atoms. The Bertz CT molecular complexity index is 501. The average molecular weight is 507 g/mol. The Morgan fingerprint density at radius 3 is 2.50 bits per heavy atom. The van der Waals surface area contributed by atoms with Crippen LogP contribution < -0.4 is 16.0 Å². The van der Waals surface area contributed by atoms with Crippen molar-refractivity contribution >= 4 is 35.8 Å². The van der Waals surface area contributed by atoms with Crippen molar-refractivity contribution in [2.45, 2.75) is 69.4 Å². The summed E-state index contributed by atoms with van der Waals surface area (Å²) in [5, 5.41) is 9.97. The number of amides is 1. The molecular formula is C20H38IN5O2. The molecule has 0 spiro atoms. The second-order valence-corrected chi connectivity index (χ2v) is 8.18. The molecule has 2 aliphatic carbocycles. The van der Waals surface area contributed by atoms with Crippen LogP contribution in [0.15, 0.2) is 4.99 Å². The van der Waals surface area contributed by atoms with Crippen molar-refractivity contribution in [2.75, 3.05) is 46.4 Å². The zero-order chi connectivity index (χ0) is 19.0. The summed E-state index contributed by atoms with van der Waals surface area (Å²) < 4.78 is 5.56. The summed E-state index contributed by atoms with van der Waals surface area (Å²) in [5.74, 6) is 1.02. The lowest BCUT2D eigenvalue weighted by molar-refractivity contribution is -0.121. The van der Waals surface area contributed by atoms with Crippen molar-refractivity contribution in [3.05, 3.63) is 0 Å². The molecule has 3 N–H and O–H groups in total. The molecule has 0 unspecified atom stereocenters. The maximum Gasteiger partial charge on any atom is 0.220 e. The normalized spacial score (nSPS) is 22.8. The minimum atomic E-state index is 0. The summed E-state index contributed by atoms with van der Waals surface area (Å²) in [6.45, 7) is 5.44. The molecule has 162 valence electrons. The topological polar surface area (TPSA) is 78.0 Å². The highest BCUT2D eigenvalue weighted by Crippen LogP contribution is 2.33. The molecule has 1 heterocycles. The molecule has 0 aromatic heterocycles. The highest BCUT2D eigenvalue weighted by atomic mass is 127. The second-order valence-electron chi connectivity index (χ2n) is 8.18. The molecule has 3 fully saturated rings. The molecule has 0 bridgehead atoms. The number of ether oxygens (including phenoxy) is 1. The number of halogens is 1. The van der Waals surface area contributed by atoms with Crippen molar-refractivity contribution in [3.63, 3.8) is 0 Å². The second kappa shape index (κ2) is 12.2. The molecule has 0 radical (unpaired) electrons. The highest BCUT2D eigenvalue weighted by molar-refractivity contribution is 14.0. The summed E-state index contributed by atoms with van der Waals surface area (Å²) in [4.78, 5) is 18.8. The van der Waals surface area contributed by atoms with Gasteiger partial charge in [-0.3, -0.25) is 14.7 Å². The van der Waals surface area contributed by atoms with Gasteiger partial charge in [0.2, 0.25) is 5.91 Å². The number of carbonyl (C=O) groups excluding carboxylic acids is 1. The van der Waals surface area contributed by atoms with Gasteiger partial charge in [-0.15, -0.1) is 24.0 Å². The van der Waals surface area contributed by atoms with Crippen LogP contribution in [0.25, 0.3) is 0 Å². The fourth-order valence-electron chi connectivity index (χ4n) is 4.30. The van der Waals surface area contributed by atoms with Crippen LogP contribution in [-0.2, 0) is 9.53 Å². The Hall–Kier alpha value is -0.610. The number of nitrogens with one attached hydrogen (secondary N) is 3. The van der Waals surface area contributed by atoms with Gasteiger partial charge in [-0.05, 0) is 32.1 Å². The maximum atomic E-state index is 11.8. The Morgan fingerprint density at radius 1 is 1.14 bits per heavy atom. The van der Waals surface area contributed by atoms with Crippen LogP contribution in [0, 0.1) is 0 Å². The number of morpholine rings is 1. The lowest BCUT2D eigenvalue weighted by Crippen LogP contribution is -2.60. The van der Waals surface area contributed by atoms with Crippen molar-refractivity contribution in [1.29, 1.82) is 0 Å². The number of guanidine groups is 1. The highest BCUT2D eigenvalue weighted by Gasteiger charge is 2.38. The predicted molar refractivity (Wildman–Crippen MR) is 123 cm³/mol. The van der Waals surface area contributed by atoms with Crippen LogP contribution in [0.5, 0.6) is 0 Å². The maximum absolute atomic E-state index is 11.8. The number of rotatable bonds is 8. The first-order valence-electron chi connectivity index (χ1n) is 10.8. The Kier molecular flexibility index (Phi) is 10.3. The molecule has 3 aliphatic rings. The van der Waals surface area contributed by atoms with Crippen LogP contribution >= 0.6 is 24.0 Å². The van der Waals surface area contributed by atoms with E-state index in [1.807, 2.05) is 7.05 Å². The SMILES string of the molecule is CN=C(NCCCC(=O)NC1CC1)NCC1(N2CCOCC2)CCCCC1.I. The van der Waals surface area contributed by atoms with Crippen molar-refractivity contribution in [2.24, 2.45) is 4.99 Å². The number of hydrogen-bond acceptors (Lipinski definition) is 4. The molecular weight excluding hydrogens is 469 g/mol. The Labute approximate surface area is 186 Å². The summed E-state index contributed by atoms with van der Waals surface area (Å²) in [6, 6.07) is 0.451. The minimum absolute atomic E-state index is 0. The van der Waals surface area contributed by atoms with Crippen LogP contribution in [0.3, 0.4) is 0 Å². The van der Waals surface area contributed by atoms with Crippen LogP contribution in [0.4, 0.5) is 0 Å². The molecule has 2 saturated carbocycles. The minimum Gasteiger partial charge on any atom is -0.379 e. The van der Waals surface area contributed by atoms with Crippen molar-refractivity contribution in [3.8, 4) is 0 Å². The van der Waals surface area contributed by atoms with E-state index in [4.69, 9.17) is 4.74 Å². The summed E-state index contributed by atoms with van der Waals surface area (Å²) in [6.07, 6.45) is 10.2. The van der Waals surface area contributed by atoms with Gasteiger partial charge in [0.25, 0.3) is 0 Å². The van der Waals surface area contributed by atoms with E-state index in [-0.39, 0.29) is 35.4 Å². The van der Waals surface area contributed by atoms with E-state index in [0.717, 1.165) is 64.6 Å². The summed E-state index contributed by atoms with van der Waals surface area (Å²) in [5.41, 5.74) is 0.226. The lowest BCUT2D eigenvalue weighted by Gasteiger charge is -2.48. The summed E-state index contributed by atoms with van der Waals surface area (Å²) in [7, 11) is 1.82.